The number of rotatable bonds is 6. The lowest BCUT2D eigenvalue weighted by atomic mass is 10.1. The Kier molecular flexibility index (Phi) is 4.77. The van der Waals surface area contributed by atoms with Crippen molar-refractivity contribution in [1.29, 1.82) is 0 Å². The van der Waals surface area contributed by atoms with Gasteiger partial charge < -0.3 is 19.8 Å². The Labute approximate surface area is 168 Å². The second-order valence-electron chi connectivity index (χ2n) is 7.58. The molecule has 2 aromatic heterocycles. The molecule has 150 valence electrons. The number of carbonyl (C=O) groups excluding carboxylic acids is 1. The molecule has 5 rings (SSSR count). The van der Waals surface area contributed by atoms with Crippen LogP contribution in [-0.4, -0.2) is 33.4 Å². The van der Waals surface area contributed by atoms with Crippen molar-refractivity contribution in [2.75, 3.05) is 11.9 Å². The monoisotopic (exact) mass is 393 g/mol. The van der Waals surface area contributed by atoms with Gasteiger partial charge in [-0.2, -0.15) is 5.10 Å². The largest absolute Gasteiger partial charge is 0.445 e. The van der Waals surface area contributed by atoms with Crippen LogP contribution in [0.1, 0.15) is 31.1 Å². The van der Waals surface area contributed by atoms with E-state index >= 15 is 0 Å². The number of nitrogens with one attached hydrogen (secondary N) is 2. The highest BCUT2D eigenvalue weighted by Crippen LogP contribution is 2.34. The van der Waals surface area contributed by atoms with Crippen molar-refractivity contribution in [1.82, 2.24) is 20.1 Å². The maximum atomic E-state index is 12.5. The third kappa shape index (κ3) is 4.02. The van der Waals surface area contributed by atoms with Gasteiger partial charge in [0.15, 0.2) is 0 Å². The van der Waals surface area contributed by atoms with Crippen LogP contribution in [0.2, 0.25) is 0 Å². The van der Waals surface area contributed by atoms with Crippen molar-refractivity contribution in [3.05, 3.63) is 54.7 Å². The SMILES string of the molecule is O=C(Nc1ccc(-c2ncco2)cc1)N[C@@H]1CCO[C@H]1c1ccnn1CC1CC1. The molecule has 1 aliphatic carbocycles. The van der Waals surface area contributed by atoms with E-state index in [2.05, 4.69) is 20.7 Å². The predicted molar refractivity (Wildman–Crippen MR) is 106 cm³/mol. The van der Waals surface area contributed by atoms with E-state index in [0.717, 1.165) is 30.1 Å². The number of oxazole rings is 1. The van der Waals surface area contributed by atoms with Gasteiger partial charge in [0.25, 0.3) is 0 Å². The minimum atomic E-state index is -0.248. The molecule has 0 spiro atoms. The molecule has 0 radical (unpaired) electrons. The average molecular weight is 393 g/mol. The molecule has 2 N–H and O–H groups in total. The Morgan fingerprint density at radius 1 is 1.14 bits per heavy atom. The van der Waals surface area contributed by atoms with Crippen LogP contribution in [0.5, 0.6) is 0 Å². The third-order valence-electron chi connectivity index (χ3n) is 5.40. The molecular formula is C21H23N5O3. The molecule has 29 heavy (non-hydrogen) atoms. The number of aromatic nitrogens is 3. The van der Waals surface area contributed by atoms with Gasteiger partial charge >= 0.3 is 6.03 Å². The fourth-order valence-corrected chi connectivity index (χ4v) is 3.71. The molecule has 0 bridgehead atoms. The van der Waals surface area contributed by atoms with Gasteiger partial charge in [0.1, 0.15) is 12.4 Å². The molecule has 1 aromatic carbocycles. The zero-order valence-electron chi connectivity index (χ0n) is 16.0. The topological polar surface area (TPSA) is 94.2 Å². The van der Waals surface area contributed by atoms with E-state index in [1.807, 2.05) is 41.2 Å². The third-order valence-corrected chi connectivity index (χ3v) is 5.40. The standard InChI is InChI=1S/C21H23N5O3/c27-21(24-16-5-3-15(4-6-16)20-22-10-12-29-20)25-17-8-11-28-19(17)18-7-9-23-26(18)13-14-1-2-14/h3-7,9-10,12,14,17,19H,1-2,8,11,13H2,(H2,24,25,27)/t17-,19-/m1/s1. The summed E-state index contributed by atoms with van der Waals surface area (Å²) in [6, 6.07) is 9.03. The predicted octanol–water partition coefficient (Wildman–Crippen LogP) is 3.60. The first kappa shape index (κ1) is 17.9. The van der Waals surface area contributed by atoms with Crippen molar-refractivity contribution in [2.24, 2.45) is 5.92 Å². The van der Waals surface area contributed by atoms with E-state index in [9.17, 15) is 4.79 Å². The van der Waals surface area contributed by atoms with Crippen LogP contribution in [0, 0.1) is 5.92 Å². The van der Waals surface area contributed by atoms with Crippen LogP contribution in [0.4, 0.5) is 10.5 Å². The number of ether oxygens (including phenoxy) is 1. The number of carbonyl (C=O) groups is 1. The van der Waals surface area contributed by atoms with E-state index in [-0.39, 0.29) is 18.2 Å². The molecule has 2 atom stereocenters. The first-order valence-electron chi connectivity index (χ1n) is 9.97. The number of anilines is 1. The molecule has 2 amide bonds. The first-order chi connectivity index (χ1) is 14.3. The molecule has 2 fully saturated rings. The van der Waals surface area contributed by atoms with Crippen LogP contribution in [-0.2, 0) is 11.3 Å². The maximum absolute atomic E-state index is 12.5. The number of hydrogen-bond donors (Lipinski definition) is 2. The summed E-state index contributed by atoms with van der Waals surface area (Å²) in [5, 5.41) is 10.4. The normalized spacial score (nSPS) is 21.2. The lowest BCUT2D eigenvalue weighted by molar-refractivity contribution is 0.0926. The highest BCUT2D eigenvalue weighted by molar-refractivity contribution is 5.89. The number of benzene rings is 1. The Hall–Kier alpha value is -3.13. The average Bonchev–Trinajstić information content (AvgIpc) is 3.12. The number of hydrogen-bond acceptors (Lipinski definition) is 5. The lowest BCUT2D eigenvalue weighted by Gasteiger charge is -2.21. The van der Waals surface area contributed by atoms with Crippen LogP contribution < -0.4 is 10.6 Å². The van der Waals surface area contributed by atoms with Crippen LogP contribution in [0.25, 0.3) is 11.5 Å². The second kappa shape index (κ2) is 7.71. The molecule has 8 nitrogen and oxygen atoms in total. The highest BCUT2D eigenvalue weighted by atomic mass is 16.5. The summed E-state index contributed by atoms with van der Waals surface area (Å²) >= 11 is 0. The highest BCUT2D eigenvalue weighted by Gasteiger charge is 2.34. The molecule has 3 aromatic rings. The first-order valence-corrected chi connectivity index (χ1v) is 9.97. The van der Waals surface area contributed by atoms with Crippen LogP contribution in [0.15, 0.2) is 53.4 Å². The summed E-state index contributed by atoms with van der Waals surface area (Å²) in [4.78, 5) is 16.7. The molecule has 0 unspecified atom stereocenters. The van der Waals surface area contributed by atoms with Gasteiger partial charge in [-0.25, -0.2) is 9.78 Å². The van der Waals surface area contributed by atoms with Crippen molar-refractivity contribution in [2.45, 2.75) is 38.0 Å². The quantitative estimate of drug-likeness (QED) is 0.667. The Bertz CT molecular complexity index is 963. The summed E-state index contributed by atoms with van der Waals surface area (Å²) in [6.07, 6.45) is 8.08. The van der Waals surface area contributed by atoms with Gasteiger partial charge in [-0.3, -0.25) is 4.68 Å². The zero-order valence-corrected chi connectivity index (χ0v) is 16.0. The van der Waals surface area contributed by atoms with E-state index < -0.39 is 0 Å². The number of nitrogens with zero attached hydrogens (tertiary/aromatic N) is 3. The molecule has 3 heterocycles. The summed E-state index contributed by atoms with van der Waals surface area (Å²) < 4.78 is 13.3. The van der Waals surface area contributed by atoms with Gasteiger partial charge in [-0.05, 0) is 55.5 Å². The minimum Gasteiger partial charge on any atom is -0.445 e. The molecule has 1 saturated carbocycles. The summed E-state index contributed by atoms with van der Waals surface area (Å²) in [7, 11) is 0. The van der Waals surface area contributed by atoms with Gasteiger partial charge in [-0.15, -0.1) is 0 Å². The Balaban J connectivity index is 1.21. The van der Waals surface area contributed by atoms with Crippen LogP contribution in [0.3, 0.4) is 0 Å². The molecule has 8 heteroatoms. The zero-order chi connectivity index (χ0) is 19.6. The van der Waals surface area contributed by atoms with Crippen molar-refractivity contribution in [3.63, 3.8) is 0 Å². The number of urea groups is 1. The van der Waals surface area contributed by atoms with Crippen LogP contribution >= 0.6 is 0 Å². The van der Waals surface area contributed by atoms with Crippen molar-refractivity contribution >= 4 is 11.7 Å². The number of amides is 2. The van der Waals surface area contributed by atoms with E-state index in [1.54, 1.807) is 6.20 Å². The van der Waals surface area contributed by atoms with Gasteiger partial charge in [-0.1, -0.05) is 0 Å². The summed E-state index contributed by atoms with van der Waals surface area (Å²) in [5.74, 6) is 1.28. The molecular weight excluding hydrogens is 370 g/mol. The van der Waals surface area contributed by atoms with E-state index in [0.29, 0.717) is 18.2 Å². The van der Waals surface area contributed by atoms with E-state index in [4.69, 9.17) is 9.15 Å². The summed E-state index contributed by atoms with van der Waals surface area (Å²) in [5.41, 5.74) is 2.59. The Morgan fingerprint density at radius 2 is 2.00 bits per heavy atom. The molecule has 2 aliphatic rings. The second-order valence-corrected chi connectivity index (χ2v) is 7.58. The van der Waals surface area contributed by atoms with E-state index in [1.165, 1.54) is 19.1 Å². The fraction of sp³-hybridized carbons (Fsp3) is 0.381. The minimum absolute atomic E-state index is 0.0868. The lowest BCUT2D eigenvalue weighted by Crippen LogP contribution is -2.40. The summed E-state index contributed by atoms with van der Waals surface area (Å²) in [6.45, 7) is 1.55. The molecule has 1 aliphatic heterocycles. The molecule has 1 saturated heterocycles. The fourth-order valence-electron chi connectivity index (χ4n) is 3.71. The van der Waals surface area contributed by atoms with Crippen molar-refractivity contribution < 1.29 is 13.9 Å². The maximum Gasteiger partial charge on any atom is 0.319 e. The van der Waals surface area contributed by atoms with Gasteiger partial charge in [0, 0.05) is 30.6 Å². The Morgan fingerprint density at radius 3 is 2.76 bits per heavy atom. The smallest absolute Gasteiger partial charge is 0.319 e. The van der Waals surface area contributed by atoms with Gasteiger partial charge in [0.2, 0.25) is 5.89 Å². The van der Waals surface area contributed by atoms with Gasteiger partial charge in [0.05, 0.1) is 17.9 Å². The van der Waals surface area contributed by atoms with Crippen molar-refractivity contribution in [3.8, 4) is 11.5 Å².